The Morgan fingerprint density at radius 1 is 1.38 bits per heavy atom. The molecule has 0 saturated carbocycles. The van der Waals surface area contributed by atoms with E-state index in [1.165, 1.54) is 12.1 Å². The van der Waals surface area contributed by atoms with Gasteiger partial charge in [-0.1, -0.05) is 5.16 Å². The van der Waals surface area contributed by atoms with Crippen LogP contribution in [-0.2, 0) is 11.3 Å². The predicted octanol–water partition coefficient (Wildman–Crippen LogP) is 2.62. The molecule has 1 aromatic carbocycles. The van der Waals surface area contributed by atoms with Gasteiger partial charge in [-0.3, -0.25) is 4.90 Å². The molecule has 8 heteroatoms. The number of rotatable bonds is 4. The molecule has 4 rings (SSSR count). The summed E-state index contributed by atoms with van der Waals surface area (Å²) in [7, 11) is 1.69. The van der Waals surface area contributed by atoms with E-state index < -0.39 is 0 Å². The zero-order valence-corrected chi connectivity index (χ0v) is 13.4. The Kier molecular flexibility index (Phi) is 3.78. The summed E-state index contributed by atoms with van der Waals surface area (Å²) >= 11 is 0. The third-order valence-corrected chi connectivity index (χ3v) is 4.26. The number of aryl methyl sites for hydroxylation is 1. The number of fused-ring (bicyclic) bond motifs is 1. The fraction of sp³-hybridized carbons (Fsp3) is 0.438. The number of ether oxygens (including phenoxy) is 1. The van der Waals surface area contributed by atoms with Crippen molar-refractivity contribution in [1.82, 2.24) is 20.0 Å². The monoisotopic (exact) mass is 332 g/mol. The van der Waals surface area contributed by atoms with Crippen LogP contribution in [0.4, 0.5) is 4.39 Å². The van der Waals surface area contributed by atoms with E-state index in [2.05, 4.69) is 20.0 Å². The summed E-state index contributed by atoms with van der Waals surface area (Å²) in [4.78, 5) is 10.9. The van der Waals surface area contributed by atoms with E-state index in [9.17, 15) is 4.39 Å². The Bertz CT molecular complexity index is 862. The number of methoxy groups -OCH3 is 1. The Balaban J connectivity index is 1.60. The van der Waals surface area contributed by atoms with Gasteiger partial charge in [0.05, 0.1) is 18.7 Å². The molecule has 1 aliphatic rings. The van der Waals surface area contributed by atoms with Crippen LogP contribution >= 0.6 is 0 Å². The van der Waals surface area contributed by atoms with Crippen molar-refractivity contribution in [3.63, 3.8) is 0 Å². The third-order valence-electron chi connectivity index (χ3n) is 4.26. The molecule has 0 amide bonds. The van der Waals surface area contributed by atoms with Crippen LogP contribution in [0.3, 0.4) is 0 Å². The fourth-order valence-corrected chi connectivity index (χ4v) is 3.10. The van der Waals surface area contributed by atoms with Gasteiger partial charge in [0.25, 0.3) is 0 Å². The summed E-state index contributed by atoms with van der Waals surface area (Å²) in [6.07, 6.45) is 0.830. The molecule has 0 N–H and O–H groups in total. The molecule has 0 unspecified atom stereocenters. The van der Waals surface area contributed by atoms with Crippen LogP contribution in [0.1, 0.15) is 30.1 Å². The first-order chi connectivity index (χ1) is 11.6. The quantitative estimate of drug-likeness (QED) is 0.727. The number of hydrogen-bond donors (Lipinski definition) is 0. The minimum absolute atomic E-state index is 0.0529. The summed E-state index contributed by atoms with van der Waals surface area (Å²) in [5.74, 6) is 1.34. The number of likely N-dealkylation sites (tertiary alicyclic amines) is 1. The molecule has 24 heavy (non-hydrogen) atoms. The van der Waals surface area contributed by atoms with E-state index >= 15 is 0 Å². The molecule has 3 aromatic rings. The average molecular weight is 332 g/mol. The number of nitrogens with zero attached hydrogens (tertiary/aromatic N) is 4. The van der Waals surface area contributed by atoms with Crippen molar-refractivity contribution in [3.05, 3.63) is 41.6 Å². The lowest BCUT2D eigenvalue weighted by molar-refractivity contribution is 0.106. The molecule has 0 bridgehead atoms. The van der Waals surface area contributed by atoms with Crippen LogP contribution in [0.25, 0.3) is 11.1 Å². The average Bonchev–Trinajstić information content (AvgIpc) is 3.25. The maximum absolute atomic E-state index is 13.3. The lowest BCUT2D eigenvalue weighted by Crippen LogP contribution is -2.25. The van der Waals surface area contributed by atoms with Crippen LogP contribution in [0.2, 0.25) is 0 Å². The molecule has 2 atom stereocenters. The zero-order chi connectivity index (χ0) is 16.7. The second kappa shape index (κ2) is 5.95. The molecule has 1 saturated heterocycles. The first-order valence-electron chi connectivity index (χ1n) is 7.74. The van der Waals surface area contributed by atoms with Crippen molar-refractivity contribution in [3.8, 4) is 0 Å². The van der Waals surface area contributed by atoms with E-state index in [-0.39, 0.29) is 18.0 Å². The van der Waals surface area contributed by atoms with Gasteiger partial charge in [0.15, 0.2) is 11.4 Å². The second-order valence-electron chi connectivity index (χ2n) is 5.94. The van der Waals surface area contributed by atoms with Gasteiger partial charge in [0.1, 0.15) is 11.3 Å². The highest BCUT2D eigenvalue weighted by atomic mass is 19.1. The number of halogens is 1. The molecule has 126 valence electrons. The van der Waals surface area contributed by atoms with Crippen molar-refractivity contribution in [1.29, 1.82) is 0 Å². The Hall–Kier alpha value is -2.32. The van der Waals surface area contributed by atoms with Gasteiger partial charge in [-0.15, -0.1) is 0 Å². The van der Waals surface area contributed by atoms with Crippen LogP contribution in [-0.4, -0.2) is 39.8 Å². The van der Waals surface area contributed by atoms with E-state index in [1.807, 2.05) is 0 Å². The van der Waals surface area contributed by atoms with Crippen molar-refractivity contribution in [2.75, 3.05) is 13.7 Å². The number of hydrogen-bond acceptors (Lipinski definition) is 7. The Labute approximate surface area is 137 Å². The fourth-order valence-electron chi connectivity index (χ4n) is 3.10. The summed E-state index contributed by atoms with van der Waals surface area (Å²) in [6.45, 7) is 2.95. The minimum Gasteiger partial charge on any atom is -0.439 e. The summed E-state index contributed by atoms with van der Waals surface area (Å²) in [6, 6.07) is 4.27. The normalized spacial score (nSPS) is 21.8. The molecule has 0 spiro atoms. The topological polar surface area (TPSA) is 77.4 Å². The first-order valence-corrected chi connectivity index (χ1v) is 7.74. The van der Waals surface area contributed by atoms with Gasteiger partial charge in [0.2, 0.25) is 11.8 Å². The molecule has 0 aliphatic carbocycles. The number of benzene rings is 1. The highest BCUT2D eigenvalue weighted by Gasteiger charge is 2.37. The SMILES string of the molecule is CO[C@@H]1C[C@H](c2nc(C)no2)N(Cc2nc3ccc(F)cc3o2)C1. The molecular weight excluding hydrogens is 315 g/mol. The smallest absolute Gasteiger partial charge is 0.244 e. The van der Waals surface area contributed by atoms with Crippen molar-refractivity contribution >= 4 is 11.1 Å². The van der Waals surface area contributed by atoms with Gasteiger partial charge in [-0.05, 0) is 25.5 Å². The first kappa shape index (κ1) is 15.2. The largest absolute Gasteiger partial charge is 0.439 e. The zero-order valence-electron chi connectivity index (χ0n) is 13.4. The molecule has 0 radical (unpaired) electrons. The highest BCUT2D eigenvalue weighted by molar-refractivity contribution is 5.72. The number of oxazole rings is 1. The maximum Gasteiger partial charge on any atom is 0.244 e. The Morgan fingerprint density at radius 3 is 3.00 bits per heavy atom. The van der Waals surface area contributed by atoms with E-state index in [0.29, 0.717) is 41.8 Å². The Morgan fingerprint density at radius 2 is 2.25 bits per heavy atom. The molecule has 1 fully saturated rings. The van der Waals surface area contributed by atoms with E-state index in [0.717, 1.165) is 6.42 Å². The third kappa shape index (κ3) is 2.78. The highest BCUT2D eigenvalue weighted by Crippen LogP contribution is 2.34. The van der Waals surface area contributed by atoms with Gasteiger partial charge in [-0.25, -0.2) is 9.37 Å². The molecule has 3 heterocycles. The summed E-state index contributed by atoms with van der Waals surface area (Å²) in [5, 5.41) is 3.86. The standard InChI is InChI=1S/C16H17FN4O3/c1-9-18-16(24-20-9)13-6-11(22-2)7-21(13)8-15-19-12-4-3-10(17)5-14(12)23-15/h3-5,11,13H,6-8H2,1-2H3/t11-,13-/m1/s1. The number of aromatic nitrogens is 3. The van der Waals surface area contributed by atoms with Crippen molar-refractivity contribution < 1.29 is 18.1 Å². The van der Waals surface area contributed by atoms with Crippen LogP contribution in [0.5, 0.6) is 0 Å². The van der Waals surface area contributed by atoms with Crippen LogP contribution < -0.4 is 0 Å². The van der Waals surface area contributed by atoms with Gasteiger partial charge >= 0.3 is 0 Å². The lowest BCUT2D eigenvalue weighted by Gasteiger charge is -2.19. The van der Waals surface area contributed by atoms with Crippen LogP contribution in [0.15, 0.2) is 27.1 Å². The molecule has 7 nitrogen and oxygen atoms in total. The summed E-state index contributed by atoms with van der Waals surface area (Å²) in [5.41, 5.74) is 1.08. The van der Waals surface area contributed by atoms with Crippen LogP contribution in [0, 0.1) is 12.7 Å². The van der Waals surface area contributed by atoms with E-state index in [4.69, 9.17) is 13.7 Å². The molecule has 2 aromatic heterocycles. The minimum atomic E-state index is -0.343. The van der Waals surface area contributed by atoms with E-state index in [1.54, 1.807) is 20.1 Å². The predicted molar refractivity (Wildman–Crippen MR) is 81.6 cm³/mol. The second-order valence-corrected chi connectivity index (χ2v) is 5.94. The summed E-state index contributed by atoms with van der Waals surface area (Å²) < 4.78 is 29.8. The van der Waals surface area contributed by atoms with Crippen molar-refractivity contribution in [2.45, 2.75) is 32.0 Å². The molecule has 1 aliphatic heterocycles. The lowest BCUT2D eigenvalue weighted by atomic mass is 10.2. The van der Waals surface area contributed by atoms with Gasteiger partial charge < -0.3 is 13.7 Å². The maximum atomic E-state index is 13.3. The van der Waals surface area contributed by atoms with Crippen molar-refractivity contribution in [2.24, 2.45) is 0 Å². The van der Waals surface area contributed by atoms with Gasteiger partial charge in [0, 0.05) is 19.7 Å². The molecular formula is C16H17FN4O3. The van der Waals surface area contributed by atoms with Gasteiger partial charge in [-0.2, -0.15) is 4.98 Å².